The molecule has 2 aliphatic rings. The fourth-order valence-electron chi connectivity index (χ4n) is 11.9. The van der Waals surface area contributed by atoms with Crippen molar-refractivity contribution in [3.63, 3.8) is 0 Å². The average Bonchev–Trinajstić information content (AvgIpc) is 1.54. The van der Waals surface area contributed by atoms with Gasteiger partial charge >= 0.3 is 35.5 Å². The van der Waals surface area contributed by atoms with Crippen molar-refractivity contribution < 1.29 is 52.7 Å². The Morgan fingerprint density at radius 1 is 0.380 bits per heavy atom. The smallest absolute Gasteiger partial charge is 0.372 e. The number of unbranched alkanes of at least 4 members (excludes halogenated alkanes) is 4. The van der Waals surface area contributed by atoms with Crippen molar-refractivity contribution in [2.24, 2.45) is 0 Å². The van der Waals surface area contributed by atoms with E-state index < -0.39 is 69.0 Å². The van der Waals surface area contributed by atoms with Crippen molar-refractivity contribution >= 4 is 103 Å². The first kappa shape index (κ1) is 68.1. The second kappa shape index (κ2) is 26.9. The molecule has 92 heavy (non-hydrogen) atoms. The zero-order valence-corrected chi connectivity index (χ0v) is 55.4. The van der Waals surface area contributed by atoms with Gasteiger partial charge < -0.3 is 9.80 Å². The lowest BCUT2D eigenvalue weighted by molar-refractivity contribution is -0.254. The van der Waals surface area contributed by atoms with Crippen LogP contribution in [0.5, 0.6) is 0 Å². The Labute approximate surface area is 545 Å². The van der Waals surface area contributed by atoms with Crippen LogP contribution in [0.2, 0.25) is 0 Å². The van der Waals surface area contributed by atoms with Crippen molar-refractivity contribution in [3.05, 3.63) is 172 Å². The third-order valence-electron chi connectivity index (χ3n) is 16.9. The van der Waals surface area contributed by atoms with Crippen LogP contribution in [0.1, 0.15) is 142 Å². The first-order valence-corrected chi connectivity index (χ1v) is 34.1. The number of aryl methyl sites for hydroxylation is 4. The Hall–Kier alpha value is -6.74. The molecule has 6 aromatic heterocycles. The lowest BCUT2D eigenvalue weighted by atomic mass is 9.94. The van der Waals surface area contributed by atoms with Crippen molar-refractivity contribution in [2.45, 2.75) is 142 Å². The van der Waals surface area contributed by atoms with Crippen molar-refractivity contribution in [2.75, 3.05) is 36.0 Å². The summed E-state index contributed by atoms with van der Waals surface area (Å²) in [5.74, 6) is -32.7. The molecule has 10 rings (SSSR count). The molecule has 6 heterocycles. The summed E-state index contributed by atoms with van der Waals surface area (Å²) in [4.78, 5) is 15.6. The molecule has 0 amide bonds. The van der Waals surface area contributed by atoms with E-state index in [0.717, 1.165) is 134 Å². The van der Waals surface area contributed by atoms with Gasteiger partial charge in [0.2, 0.25) is 0 Å². The second-order valence-electron chi connectivity index (χ2n) is 23.5. The highest BCUT2D eigenvalue weighted by Crippen LogP contribution is 2.68. The minimum absolute atomic E-state index is 0.00124. The highest BCUT2D eigenvalue weighted by atomic mass is 32.1. The lowest BCUT2D eigenvalue weighted by Gasteiger charge is -2.25. The van der Waals surface area contributed by atoms with Gasteiger partial charge in [-0.1, -0.05) is 89.8 Å². The SMILES string of the molecule is CCCCN(CCCC)c1ccc(-c2cc(C3=C(c4cc(C)sc4C)C(F)(F)C(F)(F)C3(F)F)c(/C=C/c3ccnc(-c4cc(/C=C/c5sc(-c6ccc(N(CCCC)CCCC)cc6)cc5C5=C(c6cc(C)sc6C)C(F)(F)C(F)(F)C5(F)F)ccn4)c3)s2)cc1. The summed E-state index contributed by atoms with van der Waals surface area (Å²) in [5.41, 5.74) is -3.19. The molecule has 486 valence electrons. The second-order valence-corrected chi connectivity index (χ2v) is 28.6. The quantitative estimate of drug-likeness (QED) is 0.0534. The molecule has 0 saturated heterocycles. The normalized spacial score (nSPS) is 17.1. The van der Waals surface area contributed by atoms with Gasteiger partial charge in [0.05, 0.1) is 11.4 Å². The van der Waals surface area contributed by atoms with E-state index in [0.29, 0.717) is 41.8 Å². The van der Waals surface area contributed by atoms with Crippen LogP contribution < -0.4 is 9.80 Å². The first-order valence-electron chi connectivity index (χ1n) is 30.8. The maximum atomic E-state index is 16.6. The summed E-state index contributed by atoms with van der Waals surface area (Å²) < 4.78 is 195. The van der Waals surface area contributed by atoms with Crippen LogP contribution in [-0.4, -0.2) is 71.7 Å². The van der Waals surface area contributed by atoms with Gasteiger partial charge in [0, 0.05) is 122 Å². The summed E-state index contributed by atoms with van der Waals surface area (Å²) >= 11 is 4.02. The van der Waals surface area contributed by atoms with Crippen LogP contribution in [-0.2, 0) is 0 Å². The molecular weight excluding hydrogens is 1280 g/mol. The number of benzene rings is 2. The number of pyridine rings is 2. The molecule has 8 aromatic rings. The third-order valence-corrected chi connectivity index (χ3v) is 21.1. The molecule has 0 saturated carbocycles. The van der Waals surface area contributed by atoms with Gasteiger partial charge in [-0.05, 0) is 172 Å². The highest BCUT2D eigenvalue weighted by molar-refractivity contribution is 7.17. The minimum atomic E-state index is -5.79. The van der Waals surface area contributed by atoms with Crippen LogP contribution in [0.25, 0.3) is 78.9 Å². The molecule has 0 aliphatic heterocycles. The molecule has 2 aliphatic carbocycles. The number of nitrogens with zero attached hydrogens (tertiary/aromatic N) is 4. The largest absolute Gasteiger partial charge is 0.380 e. The number of hydrogen-bond acceptors (Lipinski definition) is 8. The van der Waals surface area contributed by atoms with Crippen LogP contribution in [0, 0.1) is 27.7 Å². The van der Waals surface area contributed by atoms with E-state index in [-0.39, 0.29) is 42.0 Å². The molecule has 0 spiro atoms. The third kappa shape index (κ3) is 12.6. The van der Waals surface area contributed by atoms with E-state index in [4.69, 9.17) is 0 Å². The fraction of sp³-hybridized carbons (Fsp3) is 0.361. The molecule has 2 aromatic carbocycles. The molecule has 0 radical (unpaired) electrons. The summed E-state index contributed by atoms with van der Waals surface area (Å²) in [5, 5.41) is 0. The monoisotopic (exact) mass is 1350 g/mol. The van der Waals surface area contributed by atoms with Crippen LogP contribution >= 0.6 is 45.3 Å². The molecule has 0 unspecified atom stereocenters. The zero-order chi connectivity index (χ0) is 66.3. The number of anilines is 2. The Morgan fingerprint density at radius 2 is 0.696 bits per heavy atom. The van der Waals surface area contributed by atoms with E-state index in [1.165, 1.54) is 74.8 Å². The number of hydrogen-bond donors (Lipinski definition) is 0. The summed E-state index contributed by atoms with van der Waals surface area (Å²) in [7, 11) is 0. The number of alkyl halides is 12. The van der Waals surface area contributed by atoms with E-state index in [1.54, 1.807) is 62.4 Å². The molecule has 0 fully saturated rings. The predicted molar refractivity (Wildman–Crippen MR) is 360 cm³/mol. The Balaban J connectivity index is 1.04. The zero-order valence-electron chi connectivity index (χ0n) is 52.1. The number of rotatable bonds is 25. The maximum absolute atomic E-state index is 16.6. The highest BCUT2D eigenvalue weighted by Gasteiger charge is 2.81. The predicted octanol–water partition coefficient (Wildman–Crippen LogP) is 23.8. The number of aromatic nitrogens is 2. The van der Waals surface area contributed by atoms with Gasteiger partial charge in [0.25, 0.3) is 0 Å². The van der Waals surface area contributed by atoms with Crippen LogP contribution in [0.4, 0.5) is 64.1 Å². The Kier molecular flexibility index (Phi) is 19.9. The van der Waals surface area contributed by atoms with Gasteiger partial charge in [0.15, 0.2) is 0 Å². The van der Waals surface area contributed by atoms with Crippen LogP contribution in [0.15, 0.2) is 109 Å². The van der Waals surface area contributed by atoms with Gasteiger partial charge in [-0.15, -0.1) is 45.3 Å². The van der Waals surface area contributed by atoms with E-state index in [1.807, 2.05) is 24.3 Å². The number of allylic oxidation sites excluding steroid dienone is 4. The fourth-order valence-corrected chi connectivity index (χ4v) is 15.9. The van der Waals surface area contributed by atoms with E-state index >= 15 is 52.7 Å². The maximum Gasteiger partial charge on any atom is 0.380 e. The number of halogens is 12. The Morgan fingerprint density at radius 3 is 0.989 bits per heavy atom. The summed E-state index contributed by atoms with van der Waals surface area (Å²) in [6.45, 7) is 17.7. The topological polar surface area (TPSA) is 32.3 Å². The van der Waals surface area contributed by atoms with Gasteiger partial charge in [-0.25, -0.2) is 0 Å². The van der Waals surface area contributed by atoms with Crippen molar-refractivity contribution in [1.29, 1.82) is 0 Å². The van der Waals surface area contributed by atoms with Gasteiger partial charge in [-0.2, -0.15) is 52.7 Å². The molecule has 20 heteroatoms. The molecule has 0 atom stereocenters. The number of thiophene rings is 4. The lowest BCUT2D eigenvalue weighted by Crippen LogP contribution is -2.48. The van der Waals surface area contributed by atoms with E-state index in [2.05, 4.69) is 47.5 Å². The first-order chi connectivity index (χ1) is 43.6. The van der Waals surface area contributed by atoms with Crippen molar-refractivity contribution in [1.82, 2.24) is 9.97 Å². The van der Waals surface area contributed by atoms with E-state index in [9.17, 15) is 0 Å². The molecule has 0 bridgehead atoms. The van der Waals surface area contributed by atoms with Gasteiger partial charge in [-0.3, -0.25) is 9.97 Å². The molecule has 4 nitrogen and oxygen atoms in total. The minimum Gasteiger partial charge on any atom is -0.372 e. The van der Waals surface area contributed by atoms with Gasteiger partial charge in [0.1, 0.15) is 0 Å². The standard InChI is InChI=1S/C72H70F12N4S4/c1-9-13-33-87(34-14-10-2)51-23-19-49(20-24-51)61-41-55(65-63(53-37-43(5)89-45(53)7)67(73,74)71(81,82)69(65,77)78)59(91-61)27-17-47-29-31-85-57(39-47)58-40-48(30-32-86-58)18-28-60-56(42-62(92-60)50-21-25-52(26-22-50)88(35-15-11-3)36-16-12-4)66-64(54-38-44(6)90-46(54)8)68(75,76)72(83,84)70(66,79)80/h17-32,37-42H,9-16,33-36H2,1-8H3/b27-17+,28-18+. The summed E-state index contributed by atoms with van der Waals surface area (Å²) in [6.07, 6.45) is 16.5. The molecular formula is C72H70F12N4S4. The van der Waals surface area contributed by atoms with Crippen LogP contribution in [0.3, 0.4) is 0 Å². The average molecular weight is 1350 g/mol. The summed E-state index contributed by atoms with van der Waals surface area (Å²) in [6, 6.07) is 26.2. The Bertz CT molecular complexity index is 3810. The van der Waals surface area contributed by atoms with Crippen molar-refractivity contribution in [3.8, 4) is 32.3 Å². The molecule has 0 N–H and O–H groups in total.